The number of benzene rings is 1. The average molecular weight is 334 g/mol. The van der Waals surface area contributed by atoms with Gasteiger partial charge in [-0.05, 0) is 38.8 Å². The highest BCUT2D eigenvalue weighted by Gasteiger charge is 2.17. The fourth-order valence-electron chi connectivity index (χ4n) is 2.34. The number of aliphatic hydroxyl groups excluding tert-OH is 1. The van der Waals surface area contributed by atoms with Crippen LogP contribution in [0.3, 0.4) is 0 Å². The Bertz CT molecular complexity index is 836. The van der Waals surface area contributed by atoms with Crippen molar-refractivity contribution in [3.63, 3.8) is 0 Å². The first-order chi connectivity index (χ1) is 11.3. The van der Waals surface area contributed by atoms with Crippen molar-refractivity contribution in [2.75, 3.05) is 0 Å². The van der Waals surface area contributed by atoms with E-state index in [4.69, 9.17) is 9.47 Å². The maximum absolute atomic E-state index is 12.1. The van der Waals surface area contributed by atoms with Gasteiger partial charge in [0.15, 0.2) is 6.29 Å². The Hall–Kier alpha value is -2.38. The number of aryl methyl sites for hydroxylation is 2. The number of rotatable bonds is 6. The smallest absolute Gasteiger partial charge is 0.333 e. The van der Waals surface area contributed by atoms with Crippen molar-refractivity contribution >= 4 is 0 Å². The molecule has 0 saturated carbocycles. The molecule has 1 heterocycles. The van der Waals surface area contributed by atoms with Crippen LogP contribution < -0.4 is 16.0 Å². The molecule has 0 radical (unpaired) electrons. The lowest BCUT2D eigenvalue weighted by molar-refractivity contribution is -0.114. The monoisotopic (exact) mass is 334 g/mol. The van der Waals surface area contributed by atoms with Crippen LogP contribution in [0.15, 0.2) is 27.8 Å². The van der Waals surface area contributed by atoms with Crippen molar-refractivity contribution in [1.82, 2.24) is 9.55 Å². The Morgan fingerprint density at radius 2 is 2.00 bits per heavy atom. The van der Waals surface area contributed by atoms with Gasteiger partial charge < -0.3 is 14.6 Å². The van der Waals surface area contributed by atoms with E-state index in [1.807, 2.05) is 26.0 Å². The number of nitrogens with one attached hydrogen (secondary N) is 1. The number of aromatic nitrogens is 2. The first-order valence-corrected chi connectivity index (χ1v) is 7.74. The van der Waals surface area contributed by atoms with E-state index < -0.39 is 17.5 Å². The van der Waals surface area contributed by atoms with E-state index in [1.54, 1.807) is 13.0 Å². The number of hydrogen-bond donors (Lipinski definition) is 2. The van der Waals surface area contributed by atoms with Gasteiger partial charge in [0.2, 0.25) is 5.88 Å². The maximum Gasteiger partial charge on any atom is 0.333 e. The van der Waals surface area contributed by atoms with Gasteiger partial charge in [-0.1, -0.05) is 24.6 Å². The van der Waals surface area contributed by atoms with Crippen molar-refractivity contribution in [2.24, 2.45) is 0 Å². The van der Waals surface area contributed by atoms with E-state index >= 15 is 0 Å². The summed E-state index contributed by atoms with van der Waals surface area (Å²) in [6, 6.07) is 5.62. The molecule has 7 nitrogen and oxygen atoms in total. The molecule has 2 N–H and O–H groups in total. The zero-order valence-electron chi connectivity index (χ0n) is 14.3. The molecule has 0 bridgehead atoms. The molecule has 2 aromatic rings. The molecule has 0 aliphatic rings. The van der Waals surface area contributed by atoms with Gasteiger partial charge in [-0.15, -0.1) is 0 Å². The summed E-state index contributed by atoms with van der Waals surface area (Å²) in [7, 11) is 0. The Balaban J connectivity index is 2.56. The van der Waals surface area contributed by atoms with Crippen molar-refractivity contribution in [3.8, 4) is 11.6 Å². The quantitative estimate of drug-likeness (QED) is 0.786. The minimum Gasteiger partial charge on any atom is -0.440 e. The van der Waals surface area contributed by atoms with Crippen molar-refractivity contribution < 1.29 is 14.6 Å². The molecule has 1 atom stereocenters. The zero-order chi connectivity index (χ0) is 17.9. The number of H-pyrrole nitrogens is 1. The summed E-state index contributed by atoms with van der Waals surface area (Å²) in [4.78, 5) is 26.5. The Morgan fingerprint density at radius 3 is 2.58 bits per heavy atom. The van der Waals surface area contributed by atoms with Gasteiger partial charge in [0.25, 0.3) is 5.56 Å². The molecule has 7 heteroatoms. The van der Waals surface area contributed by atoms with E-state index in [2.05, 4.69) is 4.98 Å². The van der Waals surface area contributed by atoms with Crippen LogP contribution in [0, 0.1) is 13.8 Å². The Labute approximate surface area is 139 Å². The number of ether oxygens (including phenoxy) is 2. The molecule has 0 spiro atoms. The highest BCUT2D eigenvalue weighted by atomic mass is 16.6. The largest absolute Gasteiger partial charge is 0.440 e. The summed E-state index contributed by atoms with van der Waals surface area (Å²) < 4.78 is 12.1. The second-order valence-electron chi connectivity index (χ2n) is 5.59. The number of hydrogen-bond acceptors (Lipinski definition) is 5. The fourth-order valence-corrected chi connectivity index (χ4v) is 2.34. The molecule has 0 aliphatic carbocycles. The van der Waals surface area contributed by atoms with Gasteiger partial charge >= 0.3 is 5.69 Å². The molecule has 130 valence electrons. The lowest BCUT2D eigenvalue weighted by atomic mass is 10.1. The van der Waals surface area contributed by atoms with Gasteiger partial charge in [0.05, 0.1) is 5.56 Å². The third kappa shape index (κ3) is 3.93. The lowest BCUT2D eigenvalue weighted by Crippen LogP contribution is -2.34. The molecular formula is C17H22N2O5. The van der Waals surface area contributed by atoms with E-state index in [-0.39, 0.29) is 12.6 Å². The topological polar surface area (TPSA) is 93.6 Å². The molecule has 1 aromatic carbocycles. The molecule has 0 fully saturated rings. The van der Waals surface area contributed by atoms with Crippen LogP contribution >= 0.6 is 0 Å². The van der Waals surface area contributed by atoms with E-state index in [0.29, 0.717) is 17.7 Å². The summed E-state index contributed by atoms with van der Waals surface area (Å²) in [5, 5.41) is 9.29. The predicted molar refractivity (Wildman–Crippen MR) is 89.5 cm³/mol. The maximum atomic E-state index is 12.1. The summed E-state index contributed by atoms with van der Waals surface area (Å²) in [5.41, 5.74) is 1.15. The molecule has 0 saturated heterocycles. The number of aliphatic hydroxyl groups is 1. The second kappa shape index (κ2) is 7.46. The molecule has 1 aromatic heterocycles. The van der Waals surface area contributed by atoms with Gasteiger partial charge in [0, 0.05) is 0 Å². The first-order valence-electron chi connectivity index (χ1n) is 7.74. The van der Waals surface area contributed by atoms with Crippen LogP contribution in [0.25, 0.3) is 0 Å². The minimum atomic E-state index is -1.05. The standard InChI is InChI=1S/C17H22N2O5/c1-5-13-15(21)18-17(22)19(9-23-12(4)20)16(13)24-14-7-6-10(2)8-11(14)3/h6-8,12,20H,5,9H2,1-4H3,(H,18,21,22). The highest BCUT2D eigenvalue weighted by Crippen LogP contribution is 2.26. The summed E-state index contributed by atoms with van der Waals surface area (Å²) in [5.74, 6) is 0.671. The van der Waals surface area contributed by atoms with Gasteiger partial charge in [-0.2, -0.15) is 0 Å². The van der Waals surface area contributed by atoms with Crippen LogP contribution in [0.5, 0.6) is 11.6 Å². The molecular weight excluding hydrogens is 312 g/mol. The van der Waals surface area contributed by atoms with E-state index in [1.165, 1.54) is 6.92 Å². The van der Waals surface area contributed by atoms with E-state index in [0.717, 1.165) is 15.7 Å². The summed E-state index contributed by atoms with van der Waals surface area (Å²) in [6.07, 6.45) is -0.673. The Kier molecular flexibility index (Phi) is 5.58. The third-order valence-electron chi connectivity index (χ3n) is 3.58. The van der Waals surface area contributed by atoms with Crippen LogP contribution in [0.2, 0.25) is 0 Å². The minimum absolute atomic E-state index is 0.124. The van der Waals surface area contributed by atoms with Crippen LogP contribution in [-0.2, 0) is 17.9 Å². The molecule has 2 rings (SSSR count). The summed E-state index contributed by atoms with van der Waals surface area (Å²) >= 11 is 0. The number of nitrogens with zero attached hydrogens (tertiary/aromatic N) is 1. The third-order valence-corrected chi connectivity index (χ3v) is 3.58. The molecule has 0 amide bonds. The van der Waals surface area contributed by atoms with Gasteiger partial charge in [-0.3, -0.25) is 9.78 Å². The average Bonchev–Trinajstić information content (AvgIpc) is 2.49. The van der Waals surface area contributed by atoms with Crippen LogP contribution in [0.1, 0.15) is 30.5 Å². The number of aromatic amines is 1. The lowest BCUT2D eigenvalue weighted by Gasteiger charge is -2.18. The Morgan fingerprint density at radius 1 is 1.29 bits per heavy atom. The van der Waals surface area contributed by atoms with Gasteiger partial charge in [0.1, 0.15) is 12.5 Å². The molecule has 24 heavy (non-hydrogen) atoms. The zero-order valence-corrected chi connectivity index (χ0v) is 14.3. The second-order valence-corrected chi connectivity index (χ2v) is 5.59. The van der Waals surface area contributed by atoms with Crippen molar-refractivity contribution in [3.05, 3.63) is 55.7 Å². The molecule has 0 aliphatic heterocycles. The van der Waals surface area contributed by atoms with E-state index in [9.17, 15) is 14.7 Å². The van der Waals surface area contributed by atoms with Crippen LogP contribution in [-0.4, -0.2) is 20.9 Å². The van der Waals surface area contributed by atoms with Crippen molar-refractivity contribution in [1.29, 1.82) is 0 Å². The fraction of sp³-hybridized carbons (Fsp3) is 0.412. The summed E-state index contributed by atoms with van der Waals surface area (Å²) in [6.45, 7) is 6.84. The van der Waals surface area contributed by atoms with Crippen molar-refractivity contribution in [2.45, 2.75) is 47.1 Å². The highest BCUT2D eigenvalue weighted by molar-refractivity contribution is 5.39. The first kappa shape index (κ1) is 18.0. The predicted octanol–water partition coefficient (Wildman–Crippen LogP) is 1.82. The molecule has 1 unspecified atom stereocenters. The SMILES string of the molecule is CCc1c(Oc2ccc(C)cc2C)n(COC(C)O)c(=O)[nH]c1=O. The van der Waals surface area contributed by atoms with Crippen LogP contribution in [0.4, 0.5) is 0 Å². The normalized spacial score (nSPS) is 12.2. The van der Waals surface area contributed by atoms with Gasteiger partial charge in [-0.25, -0.2) is 9.36 Å².